The van der Waals surface area contributed by atoms with Crippen LogP contribution in [-0.2, 0) is 10.0 Å². The van der Waals surface area contributed by atoms with E-state index in [1.165, 1.54) is 11.1 Å². The van der Waals surface area contributed by atoms with E-state index in [4.69, 9.17) is 16.7 Å². The second kappa shape index (κ2) is 7.02. The SMILES string of the molecule is CN(C)C(=O)c1cnc(N2CCC(CS(N)(=O)=O)CC2)c(Cl)c1. The summed E-state index contributed by atoms with van der Waals surface area (Å²) >= 11 is 6.26. The maximum Gasteiger partial charge on any atom is 0.254 e. The molecule has 2 N–H and O–H groups in total. The molecule has 0 unspecified atom stereocenters. The molecule has 128 valence electrons. The van der Waals surface area contributed by atoms with Gasteiger partial charge >= 0.3 is 0 Å². The number of sulfonamides is 1. The Bertz CT molecular complexity index is 685. The molecule has 1 aliphatic rings. The largest absolute Gasteiger partial charge is 0.355 e. The van der Waals surface area contributed by atoms with Gasteiger partial charge in [0.15, 0.2) is 0 Å². The van der Waals surface area contributed by atoms with E-state index in [2.05, 4.69) is 4.98 Å². The Morgan fingerprint density at radius 1 is 1.43 bits per heavy atom. The minimum absolute atomic E-state index is 0.0122. The molecule has 2 heterocycles. The minimum Gasteiger partial charge on any atom is -0.355 e. The Hall–Kier alpha value is -1.38. The van der Waals surface area contributed by atoms with Crippen molar-refractivity contribution in [1.82, 2.24) is 9.88 Å². The van der Waals surface area contributed by atoms with Crippen molar-refractivity contribution in [3.63, 3.8) is 0 Å². The molecular formula is C14H21ClN4O3S. The number of piperidine rings is 1. The molecular weight excluding hydrogens is 340 g/mol. The molecule has 0 bridgehead atoms. The van der Waals surface area contributed by atoms with Crippen LogP contribution in [0.15, 0.2) is 12.3 Å². The van der Waals surface area contributed by atoms with Crippen LogP contribution in [0.2, 0.25) is 5.02 Å². The van der Waals surface area contributed by atoms with Gasteiger partial charge in [-0.1, -0.05) is 11.6 Å². The van der Waals surface area contributed by atoms with E-state index in [9.17, 15) is 13.2 Å². The number of hydrogen-bond donors (Lipinski definition) is 1. The van der Waals surface area contributed by atoms with Gasteiger partial charge in [-0.05, 0) is 24.8 Å². The molecule has 23 heavy (non-hydrogen) atoms. The average Bonchev–Trinajstić information content (AvgIpc) is 2.45. The van der Waals surface area contributed by atoms with E-state index >= 15 is 0 Å². The number of carbonyl (C=O) groups is 1. The second-order valence-electron chi connectivity index (χ2n) is 5.99. The molecule has 1 aromatic heterocycles. The van der Waals surface area contributed by atoms with Gasteiger partial charge in [0, 0.05) is 33.4 Å². The highest BCUT2D eigenvalue weighted by Gasteiger charge is 2.25. The molecule has 1 amide bonds. The summed E-state index contributed by atoms with van der Waals surface area (Å²) in [6.45, 7) is 1.32. The molecule has 0 radical (unpaired) electrons. The lowest BCUT2D eigenvalue weighted by Gasteiger charge is -2.32. The van der Waals surface area contributed by atoms with E-state index in [1.54, 1.807) is 20.2 Å². The standard InChI is InChI=1S/C14H21ClN4O3S/c1-18(2)14(20)11-7-12(15)13(17-8-11)19-5-3-10(4-6-19)9-23(16,21)22/h7-8,10H,3-6,9H2,1-2H3,(H2,16,21,22). The van der Waals surface area contributed by atoms with Gasteiger partial charge in [-0.25, -0.2) is 18.5 Å². The number of hydrogen-bond acceptors (Lipinski definition) is 5. The summed E-state index contributed by atoms with van der Waals surface area (Å²) in [7, 11) is -0.106. The van der Waals surface area contributed by atoms with Gasteiger partial charge in [0.1, 0.15) is 5.82 Å². The third-order valence-electron chi connectivity index (χ3n) is 3.86. The van der Waals surface area contributed by atoms with E-state index < -0.39 is 10.0 Å². The first-order valence-electron chi connectivity index (χ1n) is 7.30. The smallest absolute Gasteiger partial charge is 0.254 e. The minimum atomic E-state index is -3.44. The van der Waals surface area contributed by atoms with Crippen LogP contribution in [0.3, 0.4) is 0 Å². The number of carbonyl (C=O) groups excluding carboxylic acids is 1. The summed E-state index contributed by atoms with van der Waals surface area (Å²) < 4.78 is 22.3. The Morgan fingerprint density at radius 2 is 2.04 bits per heavy atom. The first-order chi connectivity index (χ1) is 10.7. The Kier molecular flexibility index (Phi) is 5.49. The third-order valence-corrected chi connectivity index (χ3v) is 5.07. The van der Waals surface area contributed by atoms with E-state index in [1.807, 2.05) is 4.90 Å². The van der Waals surface area contributed by atoms with Gasteiger partial charge in [-0.2, -0.15) is 0 Å². The first kappa shape index (κ1) is 18.0. The van der Waals surface area contributed by atoms with Crippen LogP contribution >= 0.6 is 11.6 Å². The fraction of sp³-hybridized carbons (Fsp3) is 0.571. The number of amides is 1. The van der Waals surface area contributed by atoms with Gasteiger partial charge in [0.05, 0.1) is 16.3 Å². The van der Waals surface area contributed by atoms with Crippen molar-refractivity contribution in [1.29, 1.82) is 0 Å². The number of anilines is 1. The number of nitrogens with two attached hydrogens (primary N) is 1. The Morgan fingerprint density at radius 3 is 2.52 bits per heavy atom. The number of halogens is 1. The van der Waals surface area contributed by atoms with Crippen LogP contribution in [0.4, 0.5) is 5.82 Å². The van der Waals surface area contributed by atoms with Gasteiger partial charge in [0.2, 0.25) is 10.0 Å². The van der Waals surface area contributed by atoms with Crippen molar-refractivity contribution < 1.29 is 13.2 Å². The van der Waals surface area contributed by atoms with Crippen LogP contribution in [-0.4, -0.2) is 57.1 Å². The molecule has 0 spiro atoms. The lowest BCUT2D eigenvalue weighted by Crippen LogP contribution is -2.37. The summed E-state index contributed by atoms with van der Waals surface area (Å²) in [5.74, 6) is 0.543. The summed E-state index contributed by atoms with van der Waals surface area (Å²) in [6, 6.07) is 1.61. The fourth-order valence-electron chi connectivity index (χ4n) is 2.68. The highest BCUT2D eigenvalue weighted by Crippen LogP contribution is 2.28. The molecule has 7 nitrogen and oxygen atoms in total. The maximum absolute atomic E-state index is 11.9. The maximum atomic E-state index is 11.9. The van der Waals surface area contributed by atoms with E-state index in [0.29, 0.717) is 42.3 Å². The lowest BCUT2D eigenvalue weighted by atomic mass is 9.99. The molecule has 1 saturated heterocycles. The van der Waals surface area contributed by atoms with Crippen molar-refractivity contribution in [2.24, 2.45) is 11.1 Å². The molecule has 1 aromatic rings. The molecule has 2 rings (SSSR count). The number of aromatic nitrogens is 1. The van der Waals surface area contributed by atoms with Crippen molar-refractivity contribution >= 4 is 33.3 Å². The number of rotatable bonds is 4. The summed E-state index contributed by atoms with van der Waals surface area (Å²) in [5.41, 5.74) is 0.438. The normalized spacial score (nSPS) is 16.4. The zero-order valence-corrected chi connectivity index (χ0v) is 14.8. The third kappa shape index (κ3) is 4.79. The molecule has 9 heteroatoms. The topological polar surface area (TPSA) is 96.6 Å². The van der Waals surface area contributed by atoms with Crippen molar-refractivity contribution in [2.45, 2.75) is 12.8 Å². The van der Waals surface area contributed by atoms with Crippen molar-refractivity contribution in [2.75, 3.05) is 37.8 Å². The van der Waals surface area contributed by atoms with Gasteiger partial charge in [-0.15, -0.1) is 0 Å². The van der Waals surface area contributed by atoms with Crippen LogP contribution in [0.5, 0.6) is 0 Å². The van der Waals surface area contributed by atoms with E-state index in [-0.39, 0.29) is 17.6 Å². The Labute approximate surface area is 141 Å². The van der Waals surface area contributed by atoms with Crippen LogP contribution < -0.4 is 10.0 Å². The summed E-state index contributed by atoms with van der Waals surface area (Å²) in [5, 5.41) is 5.51. The molecule has 0 atom stereocenters. The molecule has 1 fully saturated rings. The summed E-state index contributed by atoms with van der Waals surface area (Å²) in [4.78, 5) is 19.7. The number of pyridine rings is 1. The predicted octanol–water partition coefficient (Wildman–Crippen LogP) is 0.942. The van der Waals surface area contributed by atoms with Gasteiger partial charge in [-0.3, -0.25) is 4.79 Å². The zero-order valence-electron chi connectivity index (χ0n) is 13.2. The van der Waals surface area contributed by atoms with Crippen molar-refractivity contribution in [3.05, 3.63) is 22.8 Å². The monoisotopic (exact) mass is 360 g/mol. The quantitative estimate of drug-likeness (QED) is 0.862. The van der Waals surface area contributed by atoms with Gasteiger partial charge < -0.3 is 9.80 Å². The number of primary sulfonamides is 1. The highest BCUT2D eigenvalue weighted by molar-refractivity contribution is 7.89. The predicted molar refractivity (Wildman–Crippen MR) is 90.2 cm³/mol. The molecule has 0 aliphatic carbocycles. The van der Waals surface area contributed by atoms with Crippen LogP contribution in [0.25, 0.3) is 0 Å². The summed E-state index contributed by atoms with van der Waals surface area (Å²) in [6.07, 6.45) is 2.94. The fourth-order valence-corrected chi connectivity index (χ4v) is 3.95. The zero-order chi connectivity index (χ0) is 17.2. The first-order valence-corrected chi connectivity index (χ1v) is 9.39. The van der Waals surface area contributed by atoms with E-state index in [0.717, 1.165) is 0 Å². The van der Waals surface area contributed by atoms with Crippen LogP contribution in [0.1, 0.15) is 23.2 Å². The highest BCUT2D eigenvalue weighted by atomic mass is 35.5. The number of nitrogens with zero attached hydrogens (tertiary/aromatic N) is 3. The van der Waals surface area contributed by atoms with Crippen LogP contribution in [0, 0.1) is 5.92 Å². The average molecular weight is 361 g/mol. The lowest BCUT2D eigenvalue weighted by molar-refractivity contribution is 0.0827. The molecule has 0 saturated carbocycles. The molecule has 1 aliphatic heterocycles. The second-order valence-corrected chi connectivity index (χ2v) is 8.06. The Balaban J connectivity index is 2.05. The van der Waals surface area contributed by atoms with Crippen molar-refractivity contribution in [3.8, 4) is 0 Å². The van der Waals surface area contributed by atoms with Gasteiger partial charge in [0.25, 0.3) is 5.91 Å². The molecule has 0 aromatic carbocycles.